The molecule has 1 unspecified atom stereocenters. The Hall–Kier alpha value is -2.11. The Labute approximate surface area is 283 Å². The number of hydrogen-bond donors (Lipinski definition) is 0. The third-order valence-corrected chi connectivity index (χ3v) is 8.21. The van der Waals surface area contributed by atoms with E-state index in [9.17, 15) is 14.4 Å². The van der Waals surface area contributed by atoms with Gasteiger partial charge in [-0.15, -0.1) is 0 Å². The first-order chi connectivity index (χ1) is 22.5. The summed E-state index contributed by atoms with van der Waals surface area (Å²) in [5.41, 5.74) is 0. The fraction of sp³-hybridized carbons (Fsp3) is 0.825. The van der Waals surface area contributed by atoms with Crippen molar-refractivity contribution in [3.63, 3.8) is 0 Å². The van der Waals surface area contributed by atoms with Crippen molar-refractivity contribution >= 4 is 17.9 Å². The van der Waals surface area contributed by atoms with Gasteiger partial charge in [0.25, 0.3) is 0 Å². The zero-order valence-corrected chi connectivity index (χ0v) is 30.3. The minimum atomic E-state index is -0.761. The maximum Gasteiger partial charge on any atom is 0.306 e. The molecule has 0 fully saturated rings. The SMILES string of the molecule is CCCCCC/C=C\C/C=C\CCCCCCCCCC(=O)OCC(COC(=O)CCCCCCC)OC(=O)CCCCCCC. The molecule has 1 atom stereocenters. The third-order valence-electron chi connectivity index (χ3n) is 8.21. The highest BCUT2D eigenvalue weighted by molar-refractivity contribution is 5.71. The molecule has 0 aliphatic rings. The molecule has 0 saturated carbocycles. The summed E-state index contributed by atoms with van der Waals surface area (Å²) in [5.74, 6) is -0.915. The van der Waals surface area contributed by atoms with Gasteiger partial charge in [0, 0.05) is 19.3 Å². The fourth-order valence-corrected chi connectivity index (χ4v) is 5.23. The molecule has 6 nitrogen and oxygen atoms in total. The van der Waals surface area contributed by atoms with Crippen molar-refractivity contribution in [2.24, 2.45) is 0 Å². The number of esters is 3. The van der Waals surface area contributed by atoms with Gasteiger partial charge in [0.15, 0.2) is 6.10 Å². The number of carbonyl (C=O) groups excluding carboxylic acids is 3. The lowest BCUT2D eigenvalue weighted by Crippen LogP contribution is -2.30. The van der Waals surface area contributed by atoms with E-state index >= 15 is 0 Å². The number of carbonyl (C=O) groups is 3. The van der Waals surface area contributed by atoms with Crippen LogP contribution >= 0.6 is 0 Å². The van der Waals surface area contributed by atoms with E-state index in [0.717, 1.165) is 89.9 Å². The van der Waals surface area contributed by atoms with Crippen molar-refractivity contribution in [1.82, 2.24) is 0 Å². The molecule has 0 aromatic carbocycles. The summed E-state index contributed by atoms with van der Waals surface area (Å²) in [6.07, 6.45) is 36.5. The van der Waals surface area contributed by atoms with Crippen LogP contribution in [0.25, 0.3) is 0 Å². The Balaban J connectivity index is 4.09. The van der Waals surface area contributed by atoms with E-state index in [1.807, 2.05) is 0 Å². The van der Waals surface area contributed by atoms with Crippen molar-refractivity contribution in [3.8, 4) is 0 Å². The van der Waals surface area contributed by atoms with Gasteiger partial charge < -0.3 is 14.2 Å². The molecule has 6 heteroatoms. The monoisotopic (exact) mass is 649 g/mol. The topological polar surface area (TPSA) is 78.9 Å². The number of rotatable bonds is 34. The van der Waals surface area contributed by atoms with Crippen LogP contribution in [0, 0.1) is 0 Å². The van der Waals surface area contributed by atoms with E-state index in [-0.39, 0.29) is 31.1 Å². The summed E-state index contributed by atoms with van der Waals surface area (Å²) in [5, 5.41) is 0. The lowest BCUT2D eigenvalue weighted by Gasteiger charge is -2.18. The maximum absolute atomic E-state index is 12.4. The number of ether oxygens (including phenoxy) is 3. The molecule has 0 spiro atoms. The van der Waals surface area contributed by atoms with E-state index in [1.54, 1.807) is 0 Å². The van der Waals surface area contributed by atoms with Crippen LogP contribution in [0.3, 0.4) is 0 Å². The third kappa shape index (κ3) is 33.3. The van der Waals surface area contributed by atoms with Gasteiger partial charge in [-0.2, -0.15) is 0 Å². The van der Waals surface area contributed by atoms with Crippen molar-refractivity contribution < 1.29 is 28.6 Å². The molecule has 0 N–H and O–H groups in total. The molecular weight excluding hydrogens is 576 g/mol. The second kappa shape index (κ2) is 35.7. The van der Waals surface area contributed by atoms with Crippen LogP contribution in [-0.2, 0) is 28.6 Å². The second-order valence-corrected chi connectivity index (χ2v) is 12.8. The van der Waals surface area contributed by atoms with Gasteiger partial charge in [-0.3, -0.25) is 14.4 Å². The Kier molecular flexibility index (Phi) is 34.1. The van der Waals surface area contributed by atoms with Crippen molar-refractivity contribution in [2.45, 2.75) is 200 Å². The fourth-order valence-electron chi connectivity index (χ4n) is 5.23. The van der Waals surface area contributed by atoms with Gasteiger partial charge >= 0.3 is 17.9 Å². The van der Waals surface area contributed by atoms with E-state index in [4.69, 9.17) is 14.2 Å². The van der Waals surface area contributed by atoms with Crippen LogP contribution in [-0.4, -0.2) is 37.2 Å². The molecule has 0 rings (SSSR count). The van der Waals surface area contributed by atoms with Gasteiger partial charge in [-0.05, 0) is 51.4 Å². The van der Waals surface area contributed by atoms with Crippen LogP contribution in [0.5, 0.6) is 0 Å². The smallest absolute Gasteiger partial charge is 0.306 e. The summed E-state index contributed by atoms with van der Waals surface area (Å²) < 4.78 is 16.4. The predicted molar refractivity (Wildman–Crippen MR) is 192 cm³/mol. The summed E-state index contributed by atoms with van der Waals surface area (Å²) in [7, 11) is 0. The number of allylic oxidation sites excluding steroid dienone is 4. The van der Waals surface area contributed by atoms with Crippen LogP contribution in [0.1, 0.15) is 194 Å². The molecule has 0 saturated heterocycles. The highest BCUT2D eigenvalue weighted by Crippen LogP contribution is 2.12. The van der Waals surface area contributed by atoms with E-state index in [1.165, 1.54) is 64.2 Å². The highest BCUT2D eigenvalue weighted by atomic mass is 16.6. The van der Waals surface area contributed by atoms with Gasteiger partial charge in [-0.25, -0.2) is 0 Å². The molecule has 0 bridgehead atoms. The average molecular weight is 649 g/mol. The molecular formula is C40H72O6. The van der Waals surface area contributed by atoms with Crippen molar-refractivity contribution in [2.75, 3.05) is 13.2 Å². The lowest BCUT2D eigenvalue weighted by molar-refractivity contribution is -0.167. The molecule has 0 aromatic rings. The lowest BCUT2D eigenvalue weighted by atomic mass is 10.1. The molecule has 0 aromatic heterocycles. The zero-order chi connectivity index (χ0) is 33.8. The Morgan fingerprint density at radius 2 is 0.783 bits per heavy atom. The standard InChI is InChI=1S/C40H72O6/c1-4-7-10-13-14-15-16-17-18-19-20-21-22-23-24-25-28-30-33-39(42)45-36-37(46-40(43)34-31-27-12-9-6-3)35-44-38(41)32-29-26-11-8-5-2/h15-16,18-19,37H,4-14,17,20-36H2,1-3H3/b16-15-,19-18-. The molecule has 268 valence electrons. The Morgan fingerprint density at radius 3 is 1.22 bits per heavy atom. The summed E-state index contributed by atoms with van der Waals surface area (Å²) in [4.78, 5) is 36.9. The largest absolute Gasteiger partial charge is 0.462 e. The predicted octanol–water partition coefficient (Wildman–Crippen LogP) is 11.7. The number of unbranched alkanes of at least 4 members (excludes halogenated alkanes) is 19. The molecule has 0 radical (unpaired) electrons. The highest BCUT2D eigenvalue weighted by Gasteiger charge is 2.19. The van der Waals surface area contributed by atoms with E-state index in [0.29, 0.717) is 19.3 Å². The summed E-state index contributed by atoms with van der Waals surface area (Å²) in [6.45, 7) is 6.42. The minimum absolute atomic E-state index is 0.0747. The quantitative estimate of drug-likeness (QED) is 0.0299. The molecule has 0 amide bonds. The van der Waals surface area contributed by atoms with Crippen molar-refractivity contribution in [1.29, 1.82) is 0 Å². The molecule has 0 heterocycles. The Bertz CT molecular complexity index is 759. The van der Waals surface area contributed by atoms with Crippen LogP contribution in [0.4, 0.5) is 0 Å². The van der Waals surface area contributed by atoms with Crippen molar-refractivity contribution in [3.05, 3.63) is 24.3 Å². The van der Waals surface area contributed by atoms with Gasteiger partial charge in [0.2, 0.25) is 0 Å². The molecule has 0 aliphatic heterocycles. The van der Waals surface area contributed by atoms with E-state index < -0.39 is 6.10 Å². The second-order valence-electron chi connectivity index (χ2n) is 12.8. The van der Waals surface area contributed by atoms with Crippen LogP contribution in [0.2, 0.25) is 0 Å². The first kappa shape index (κ1) is 43.9. The summed E-state index contributed by atoms with van der Waals surface area (Å²) in [6, 6.07) is 0. The molecule has 0 aliphatic carbocycles. The minimum Gasteiger partial charge on any atom is -0.462 e. The van der Waals surface area contributed by atoms with Crippen LogP contribution < -0.4 is 0 Å². The van der Waals surface area contributed by atoms with Gasteiger partial charge in [0.05, 0.1) is 0 Å². The Morgan fingerprint density at radius 1 is 0.435 bits per heavy atom. The first-order valence-corrected chi connectivity index (χ1v) is 19.3. The van der Waals surface area contributed by atoms with E-state index in [2.05, 4.69) is 45.1 Å². The zero-order valence-electron chi connectivity index (χ0n) is 30.3. The van der Waals surface area contributed by atoms with Gasteiger partial charge in [0.1, 0.15) is 13.2 Å². The average Bonchev–Trinajstić information content (AvgIpc) is 3.05. The maximum atomic E-state index is 12.4. The summed E-state index contributed by atoms with van der Waals surface area (Å²) >= 11 is 0. The first-order valence-electron chi connectivity index (χ1n) is 19.3. The normalized spacial score (nSPS) is 12.2. The number of hydrogen-bond acceptors (Lipinski definition) is 6. The van der Waals surface area contributed by atoms with Gasteiger partial charge in [-0.1, -0.05) is 148 Å². The van der Waals surface area contributed by atoms with Crippen LogP contribution in [0.15, 0.2) is 24.3 Å². The molecule has 46 heavy (non-hydrogen) atoms.